The minimum Gasteiger partial charge on any atom is -0.427 e. The van der Waals surface area contributed by atoms with Crippen LogP contribution in [-0.4, -0.2) is 5.97 Å². The molecule has 0 bridgehead atoms. The van der Waals surface area contributed by atoms with Crippen molar-refractivity contribution in [3.05, 3.63) is 42.5 Å². The molecule has 0 unspecified atom stereocenters. The van der Waals surface area contributed by atoms with E-state index in [9.17, 15) is 4.79 Å². The van der Waals surface area contributed by atoms with Crippen molar-refractivity contribution in [3.63, 3.8) is 0 Å². The topological polar surface area (TPSA) is 26.3 Å². The maximum atomic E-state index is 11.7. The van der Waals surface area contributed by atoms with Crippen LogP contribution in [0.5, 0.6) is 5.75 Å². The van der Waals surface area contributed by atoms with E-state index in [1.165, 1.54) is 83.5 Å². The molecule has 2 heteroatoms. The third-order valence-corrected chi connectivity index (χ3v) is 5.13. The van der Waals surface area contributed by atoms with E-state index in [2.05, 4.69) is 19.1 Å². The second kappa shape index (κ2) is 18.8. The predicted octanol–water partition coefficient (Wildman–Crippen LogP) is 8.41. The highest BCUT2D eigenvalue weighted by molar-refractivity contribution is 5.72. The van der Waals surface area contributed by atoms with Gasteiger partial charge in [-0.15, -0.1) is 0 Å². The summed E-state index contributed by atoms with van der Waals surface area (Å²) in [6, 6.07) is 9.28. The second-order valence-electron chi connectivity index (χ2n) is 7.83. The van der Waals surface area contributed by atoms with Gasteiger partial charge in [-0.1, -0.05) is 114 Å². The normalized spacial score (nSPS) is 11.2. The summed E-state index contributed by atoms with van der Waals surface area (Å²) in [5.41, 5.74) is 0. The molecule has 28 heavy (non-hydrogen) atoms. The molecular weight excluding hydrogens is 344 g/mol. The van der Waals surface area contributed by atoms with Crippen molar-refractivity contribution in [1.29, 1.82) is 0 Å². The Balaban J connectivity index is 1.80. The highest BCUT2D eigenvalue weighted by Gasteiger charge is 2.02. The number of carbonyl (C=O) groups excluding carboxylic acids is 1. The van der Waals surface area contributed by atoms with Crippen LogP contribution in [0.25, 0.3) is 0 Å². The maximum absolute atomic E-state index is 11.7. The van der Waals surface area contributed by atoms with Gasteiger partial charge in [-0.05, 0) is 31.4 Å². The average Bonchev–Trinajstić information content (AvgIpc) is 2.71. The van der Waals surface area contributed by atoms with E-state index in [1.54, 1.807) is 0 Å². The van der Waals surface area contributed by atoms with Crippen molar-refractivity contribution >= 4 is 5.97 Å². The Labute approximate surface area is 173 Å². The number of esters is 1. The number of para-hydroxylation sites is 1. The highest BCUT2D eigenvalue weighted by Crippen LogP contribution is 2.13. The number of hydrogen-bond donors (Lipinski definition) is 0. The lowest BCUT2D eigenvalue weighted by Crippen LogP contribution is -2.06. The SMILES string of the molecule is CCCCCCCCCCCCCCC/C=C/CCC(=O)Oc1ccccc1. The fourth-order valence-electron chi connectivity index (χ4n) is 3.39. The van der Waals surface area contributed by atoms with Crippen molar-refractivity contribution in [2.45, 2.75) is 110 Å². The minimum atomic E-state index is -0.156. The fourth-order valence-corrected chi connectivity index (χ4v) is 3.39. The van der Waals surface area contributed by atoms with E-state index in [0.29, 0.717) is 12.2 Å². The molecule has 2 nitrogen and oxygen atoms in total. The summed E-state index contributed by atoms with van der Waals surface area (Å²) in [6.45, 7) is 2.28. The van der Waals surface area contributed by atoms with Crippen LogP contribution in [0.2, 0.25) is 0 Å². The molecular formula is C26H42O2. The molecule has 158 valence electrons. The van der Waals surface area contributed by atoms with Crippen LogP contribution in [0.4, 0.5) is 0 Å². The van der Waals surface area contributed by atoms with Crippen LogP contribution in [-0.2, 0) is 4.79 Å². The lowest BCUT2D eigenvalue weighted by molar-refractivity contribution is -0.134. The van der Waals surface area contributed by atoms with Crippen LogP contribution in [0.3, 0.4) is 0 Å². The quantitative estimate of drug-likeness (QED) is 0.109. The average molecular weight is 387 g/mol. The Hall–Kier alpha value is -1.57. The zero-order chi connectivity index (χ0) is 20.1. The third-order valence-electron chi connectivity index (χ3n) is 5.13. The number of ether oxygens (including phenoxy) is 1. The molecule has 0 aliphatic carbocycles. The van der Waals surface area contributed by atoms with Crippen molar-refractivity contribution < 1.29 is 9.53 Å². The zero-order valence-electron chi connectivity index (χ0n) is 18.2. The smallest absolute Gasteiger partial charge is 0.311 e. The van der Waals surface area contributed by atoms with Crippen LogP contribution < -0.4 is 4.74 Å². The molecule has 0 spiro atoms. The van der Waals surface area contributed by atoms with Gasteiger partial charge in [0.25, 0.3) is 0 Å². The van der Waals surface area contributed by atoms with Crippen LogP contribution in [0.15, 0.2) is 42.5 Å². The number of benzene rings is 1. The summed E-state index contributed by atoms with van der Waals surface area (Å²) in [7, 11) is 0. The molecule has 0 N–H and O–H groups in total. The molecule has 0 fully saturated rings. The van der Waals surface area contributed by atoms with Crippen molar-refractivity contribution in [2.75, 3.05) is 0 Å². The van der Waals surface area contributed by atoms with Gasteiger partial charge in [-0.2, -0.15) is 0 Å². The fraction of sp³-hybridized carbons (Fsp3) is 0.654. The van der Waals surface area contributed by atoms with Gasteiger partial charge in [-0.25, -0.2) is 0 Å². The number of allylic oxidation sites excluding steroid dienone is 2. The van der Waals surface area contributed by atoms with E-state index in [-0.39, 0.29) is 5.97 Å². The first kappa shape index (κ1) is 24.5. The first-order valence-electron chi connectivity index (χ1n) is 11.7. The zero-order valence-corrected chi connectivity index (χ0v) is 18.2. The molecule has 0 aromatic heterocycles. The molecule has 0 aliphatic rings. The van der Waals surface area contributed by atoms with Gasteiger partial charge in [0.05, 0.1) is 0 Å². The molecule has 0 saturated carbocycles. The van der Waals surface area contributed by atoms with Crippen molar-refractivity contribution in [3.8, 4) is 5.75 Å². The third kappa shape index (κ3) is 15.5. The molecule has 0 atom stereocenters. The highest BCUT2D eigenvalue weighted by atomic mass is 16.5. The summed E-state index contributed by atoms with van der Waals surface area (Å²) in [5, 5.41) is 0. The van der Waals surface area contributed by atoms with E-state index < -0.39 is 0 Å². The largest absolute Gasteiger partial charge is 0.427 e. The molecule has 0 heterocycles. The Morgan fingerprint density at radius 1 is 0.714 bits per heavy atom. The summed E-state index contributed by atoms with van der Waals surface area (Å²) in [4.78, 5) is 11.7. The number of carbonyl (C=O) groups is 1. The van der Waals surface area contributed by atoms with E-state index in [1.807, 2.05) is 30.3 Å². The summed E-state index contributed by atoms with van der Waals surface area (Å²) >= 11 is 0. The molecule has 0 amide bonds. The summed E-state index contributed by atoms with van der Waals surface area (Å²) in [5.74, 6) is 0.472. The Kier molecular flexibility index (Phi) is 16.4. The molecule has 1 aromatic carbocycles. The second-order valence-corrected chi connectivity index (χ2v) is 7.83. The molecule has 0 saturated heterocycles. The van der Waals surface area contributed by atoms with Gasteiger partial charge in [-0.3, -0.25) is 4.79 Å². The summed E-state index contributed by atoms with van der Waals surface area (Å²) < 4.78 is 5.27. The van der Waals surface area contributed by atoms with E-state index >= 15 is 0 Å². The van der Waals surface area contributed by atoms with Gasteiger partial charge < -0.3 is 4.74 Å². The predicted molar refractivity (Wildman–Crippen MR) is 121 cm³/mol. The lowest BCUT2D eigenvalue weighted by atomic mass is 10.0. The van der Waals surface area contributed by atoms with Gasteiger partial charge >= 0.3 is 5.97 Å². The van der Waals surface area contributed by atoms with Crippen molar-refractivity contribution in [2.24, 2.45) is 0 Å². The number of rotatable bonds is 18. The van der Waals surface area contributed by atoms with Gasteiger partial charge in [0.15, 0.2) is 0 Å². The molecule has 0 aliphatic heterocycles. The Bertz CT molecular complexity index is 492. The van der Waals surface area contributed by atoms with E-state index in [0.717, 1.165) is 12.8 Å². The maximum Gasteiger partial charge on any atom is 0.311 e. The summed E-state index contributed by atoms with van der Waals surface area (Å²) in [6.07, 6.45) is 24.8. The van der Waals surface area contributed by atoms with Crippen LogP contribution >= 0.6 is 0 Å². The Morgan fingerprint density at radius 2 is 1.21 bits per heavy atom. The molecule has 1 aromatic rings. The first-order valence-corrected chi connectivity index (χ1v) is 11.7. The standard InChI is InChI=1S/C26H42O2/c1-2-3-4-5-6-7-8-9-10-11-12-13-14-15-16-17-21-24-26(27)28-25-22-19-18-20-23-25/h16-20,22-23H,2-15,21,24H2,1H3/b17-16+. The number of hydrogen-bond acceptors (Lipinski definition) is 2. The Morgan fingerprint density at radius 3 is 1.79 bits per heavy atom. The van der Waals surface area contributed by atoms with Gasteiger partial charge in [0.2, 0.25) is 0 Å². The van der Waals surface area contributed by atoms with Crippen LogP contribution in [0.1, 0.15) is 110 Å². The van der Waals surface area contributed by atoms with Gasteiger partial charge in [0.1, 0.15) is 5.75 Å². The van der Waals surface area contributed by atoms with E-state index in [4.69, 9.17) is 4.74 Å². The minimum absolute atomic E-state index is 0.156. The first-order chi connectivity index (χ1) is 13.8. The number of unbranched alkanes of at least 4 members (excludes halogenated alkanes) is 13. The molecule has 1 rings (SSSR count). The monoisotopic (exact) mass is 386 g/mol. The van der Waals surface area contributed by atoms with Crippen molar-refractivity contribution in [1.82, 2.24) is 0 Å². The molecule has 0 radical (unpaired) electrons. The lowest BCUT2D eigenvalue weighted by Gasteiger charge is -2.03. The van der Waals surface area contributed by atoms with Gasteiger partial charge in [0, 0.05) is 6.42 Å². The van der Waals surface area contributed by atoms with Crippen LogP contribution in [0, 0.1) is 0 Å².